The smallest absolute Gasteiger partial charge is 0.226 e. The molecule has 0 fully saturated rings. The van der Waals surface area contributed by atoms with E-state index in [1.165, 1.54) is 5.56 Å². The van der Waals surface area contributed by atoms with Crippen molar-refractivity contribution in [1.29, 1.82) is 0 Å². The largest absolute Gasteiger partial charge is 0.496 e. The van der Waals surface area contributed by atoms with Crippen LogP contribution in [0.15, 0.2) is 12.1 Å². The van der Waals surface area contributed by atoms with Crippen LogP contribution in [0.3, 0.4) is 0 Å². The summed E-state index contributed by atoms with van der Waals surface area (Å²) in [5.74, 6) is 1.20. The molecular formula is C16H23NO2. The van der Waals surface area contributed by atoms with E-state index in [1.54, 1.807) is 7.11 Å². The van der Waals surface area contributed by atoms with Gasteiger partial charge in [0.15, 0.2) is 0 Å². The zero-order chi connectivity index (χ0) is 13.8. The van der Waals surface area contributed by atoms with Gasteiger partial charge in [0.2, 0.25) is 5.91 Å². The van der Waals surface area contributed by atoms with E-state index in [1.807, 2.05) is 4.90 Å². The van der Waals surface area contributed by atoms with Crippen LogP contribution < -0.4 is 9.64 Å². The molecule has 19 heavy (non-hydrogen) atoms. The fourth-order valence-electron chi connectivity index (χ4n) is 2.76. The van der Waals surface area contributed by atoms with Crippen LogP contribution in [0.1, 0.15) is 43.7 Å². The molecule has 1 heterocycles. The van der Waals surface area contributed by atoms with E-state index < -0.39 is 0 Å². The number of amides is 1. The Bertz CT molecular complexity index is 468. The lowest BCUT2D eigenvalue weighted by molar-refractivity contribution is -0.118. The lowest BCUT2D eigenvalue weighted by atomic mass is 10.0. The maximum atomic E-state index is 12.3. The Labute approximate surface area is 115 Å². The van der Waals surface area contributed by atoms with Gasteiger partial charge in [-0.25, -0.2) is 0 Å². The number of aryl methyl sites for hydroxylation is 1. The van der Waals surface area contributed by atoms with Crippen LogP contribution in [0, 0.1) is 6.92 Å². The highest BCUT2D eigenvalue weighted by atomic mass is 16.5. The van der Waals surface area contributed by atoms with Crippen LogP contribution in [0.25, 0.3) is 0 Å². The molecule has 0 N–H and O–H groups in total. The van der Waals surface area contributed by atoms with Gasteiger partial charge in [-0.05, 0) is 37.8 Å². The second-order valence-electron chi connectivity index (χ2n) is 5.17. The van der Waals surface area contributed by atoms with E-state index >= 15 is 0 Å². The van der Waals surface area contributed by atoms with E-state index in [-0.39, 0.29) is 5.91 Å². The summed E-state index contributed by atoms with van der Waals surface area (Å²) in [7, 11) is 1.71. The van der Waals surface area contributed by atoms with Crippen molar-refractivity contribution in [3.05, 3.63) is 23.3 Å². The number of hydrogen-bond donors (Lipinski definition) is 0. The maximum Gasteiger partial charge on any atom is 0.226 e. The average molecular weight is 261 g/mol. The second-order valence-corrected chi connectivity index (χ2v) is 5.17. The number of nitrogens with zero attached hydrogens (tertiary/aromatic N) is 1. The highest BCUT2D eigenvalue weighted by molar-refractivity contribution is 5.95. The number of benzene rings is 1. The predicted octanol–water partition coefficient (Wildman–Crippen LogP) is 3.47. The topological polar surface area (TPSA) is 29.5 Å². The van der Waals surface area contributed by atoms with Crippen molar-refractivity contribution in [3.63, 3.8) is 0 Å². The summed E-state index contributed by atoms with van der Waals surface area (Å²) < 4.78 is 5.55. The van der Waals surface area contributed by atoms with E-state index in [4.69, 9.17) is 4.74 Å². The fraction of sp³-hybridized carbons (Fsp3) is 0.562. The zero-order valence-electron chi connectivity index (χ0n) is 12.2. The molecule has 104 valence electrons. The number of carbonyl (C=O) groups excluding carboxylic acids is 1. The highest BCUT2D eigenvalue weighted by Gasteiger charge is 2.24. The van der Waals surface area contributed by atoms with Crippen LogP contribution in [0.2, 0.25) is 0 Å². The molecule has 3 heteroatoms. The third kappa shape index (κ3) is 2.75. The predicted molar refractivity (Wildman–Crippen MR) is 77.9 cm³/mol. The SMILES string of the molecule is CCCCN1C(=O)CCCc2c1ccc(C)c2OC. The molecule has 2 rings (SSSR count). The molecule has 0 bridgehead atoms. The van der Waals surface area contributed by atoms with Gasteiger partial charge in [0.25, 0.3) is 0 Å². The second kappa shape index (κ2) is 6.09. The first-order chi connectivity index (χ1) is 9.19. The Morgan fingerprint density at radius 2 is 2.11 bits per heavy atom. The number of methoxy groups -OCH3 is 1. The van der Waals surface area contributed by atoms with Crippen LogP contribution in [0.4, 0.5) is 5.69 Å². The third-order valence-corrected chi connectivity index (χ3v) is 3.78. The standard InChI is InChI=1S/C16H23NO2/c1-4-5-11-17-14-10-9-12(2)16(19-3)13(14)7-6-8-15(17)18/h9-10H,4-8,11H2,1-3H3. The number of hydrogen-bond acceptors (Lipinski definition) is 2. The summed E-state index contributed by atoms with van der Waals surface area (Å²) >= 11 is 0. The molecule has 0 radical (unpaired) electrons. The van der Waals surface area contributed by atoms with Crippen molar-refractivity contribution >= 4 is 11.6 Å². The van der Waals surface area contributed by atoms with Crippen LogP contribution in [-0.2, 0) is 11.2 Å². The van der Waals surface area contributed by atoms with Gasteiger partial charge in [-0.15, -0.1) is 0 Å². The Morgan fingerprint density at radius 3 is 2.79 bits per heavy atom. The Hall–Kier alpha value is -1.51. The molecule has 0 spiro atoms. The van der Waals surface area contributed by atoms with E-state index in [2.05, 4.69) is 26.0 Å². The van der Waals surface area contributed by atoms with Gasteiger partial charge in [0.05, 0.1) is 12.8 Å². The Morgan fingerprint density at radius 1 is 1.32 bits per heavy atom. The van der Waals surface area contributed by atoms with E-state index in [9.17, 15) is 4.79 Å². The molecule has 0 atom stereocenters. The number of anilines is 1. The summed E-state index contributed by atoms with van der Waals surface area (Å²) in [6, 6.07) is 4.13. The van der Waals surface area contributed by atoms with Gasteiger partial charge in [-0.3, -0.25) is 4.79 Å². The molecule has 0 unspecified atom stereocenters. The van der Waals surface area contributed by atoms with Crippen LogP contribution in [-0.4, -0.2) is 19.6 Å². The van der Waals surface area contributed by atoms with Crippen molar-refractivity contribution in [2.45, 2.75) is 46.0 Å². The number of ether oxygens (including phenoxy) is 1. The van der Waals surface area contributed by atoms with E-state index in [0.29, 0.717) is 6.42 Å². The molecule has 1 aromatic rings. The van der Waals surface area contributed by atoms with Crippen LogP contribution >= 0.6 is 0 Å². The summed E-state index contributed by atoms with van der Waals surface area (Å²) in [6.07, 6.45) is 4.62. The molecule has 0 aliphatic carbocycles. The molecule has 0 saturated carbocycles. The van der Waals surface area contributed by atoms with Gasteiger partial charge in [-0.1, -0.05) is 19.4 Å². The lowest BCUT2D eigenvalue weighted by Crippen LogP contribution is -2.31. The summed E-state index contributed by atoms with van der Waals surface area (Å²) in [5.41, 5.74) is 3.40. The third-order valence-electron chi connectivity index (χ3n) is 3.78. The number of unbranched alkanes of at least 4 members (excludes halogenated alkanes) is 1. The van der Waals surface area contributed by atoms with Gasteiger partial charge in [0, 0.05) is 18.5 Å². The molecule has 1 aromatic carbocycles. The minimum absolute atomic E-state index is 0.248. The number of carbonyl (C=O) groups is 1. The average Bonchev–Trinajstić information content (AvgIpc) is 2.55. The van der Waals surface area contributed by atoms with Crippen molar-refractivity contribution in [2.75, 3.05) is 18.6 Å². The maximum absolute atomic E-state index is 12.3. The van der Waals surface area contributed by atoms with Crippen molar-refractivity contribution in [2.24, 2.45) is 0 Å². The van der Waals surface area contributed by atoms with Crippen molar-refractivity contribution < 1.29 is 9.53 Å². The summed E-state index contributed by atoms with van der Waals surface area (Å²) in [5, 5.41) is 0. The molecular weight excluding hydrogens is 238 g/mol. The monoisotopic (exact) mass is 261 g/mol. The number of fused-ring (bicyclic) bond motifs is 1. The van der Waals surface area contributed by atoms with Gasteiger partial charge >= 0.3 is 0 Å². The normalized spacial score (nSPS) is 15.1. The first kappa shape index (κ1) is 13.9. The van der Waals surface area contributed by atoms with Crippen molar-refractivity contribution in [1.82, 2.24) is 0 Å². The fourth-order valence-corrected chi connectivity index (χ4v) is 2.76. The first-order valence-electron chi connectivity index (χ1n) is 7.15. The van der Waals surface area contributed by atoms with E-state index in [0.717, 1.165) is 49.2 Å². The van der Waals surface area contributed by atoms with Crippen molar-refractivity contribution in [3.8, 4) is 5.75 Å². The zero-order valence-corrected chi connectivity index (χ0v) is 12.2. The molecule has 3 nitrogen and oxygen atoms in total. The molecule has 0 aromatic heterocycles. The minimum atomic E-state index is 0.248. The molecule has 1 aliphatic heterocycles. The van der Waals surface area contributed by atoms with Gasteiger partial charge in [0.1, 0.15) is 5.75 Å². The lowest BCUT2D eigenvalue weighted by Gasteiger charge is -2.24. The summed E-state index contributed by atoms with van der Waals surface area (Å²) in [6.45, 7) is 5.02. The van der Waals surface area contributed by atoms with Crippen LogP contribution in [0.5, 0.6) is 5.75 Å². The number of rotatable bonds is 4. The molecule has 0 saturated heterocycles. The Balaban J connectivity index is 2.45. The first-order valence-corrected chi connectivity index (χ1v) is 7.15. The molecule has 1 amide bonds. The van der Waals surface area contributed by atoms with Gasteiger partial charge < -0.3 is 9.64 Å². The minimum Gasteiger partial charge on any atom is -0.496 e. The highest BCUT2D eigenvalue weighted by Crippen LogP contribution is 2.36. The van der Waals surface area contributed by atoms with Gasteiger partial charge in [-0.2, -0.15) is 0 Å². The summed E-state index contributed by atoms with van der Waals surface area (Å²) in [4.78, 5) is 14.2. The Kier molecular flexibility index (Phi) is 4.46. The molecule has 1 aliphatic rings. The quantitative estimate of drug-likeness (QED) is 0.830.